The van der Waals surface area contributed by atoms with Gasteiger partial charge < -0.3 is 18.5 Å². The van der Waals surface area contributed by atoms with Crippen molar-refractivity contribution in [3.05, 3.63) is 152 Å². The summed E-state index contributed by atoms with van der Waals surface area (Å²) in [5, 5.41) is 14.9. The van der Waals surface area contributed by atoms with Gasteiger partial charge in [-0.2, -0.15) is 0 Å². The largest absolute Gasteiger partial charge is 0.456 e. The number of hydrogen-bond donors (Lipinski definition) is 1. The average Bonchev–Trinajstić information content (AvgIpc) is 3.85. The number of allylic oxidation sites excluding steroid dienone is 3. The molecule has 1 aliphatic carbocycles. The number of aromatic nitrogens is 2. The summed E-state index contributed by atoms with van der Waals surface area (Å²) in [5.41, 5.74) is 9.70. The van der Waals surface area contributed by atoms with E-state index < -0.39 is 0 Å². The molecule has 3 heterocycles. The van der Waals surface area contributed by atoms with Gasteiger partial charge in [0.25, 0.3) is 0 Å². The molecule has 52 heavy (non-hydrogen) atoms. The van der Waals surface area contributed by atoms with Gasteiger partial charge in [0.05, 0.1) is 39.8 Å². The summed E-state index contributed by atoms with van der Waals surface area (Å²) in [6.45, 7) is 0.558. The van der Waals surface area contributed by atoms with E-state index in [0.717, 1.165) is 73.1 Å². The molecular formula is C46H35N5O. The number of furan rings is 1. The van der Waals surface area contributed by atoms with Crippen LogP contribution in [0.5, 0.6) is 0 Å². The zero-order valence-corrected chi connectivity index (χ0v) is 28.7. The van der Waals surface area contributed by atoms with Crippen LogP contribution in [0.3, 0.4) is 0 Å². The molecular weight excluding hydrogens is 639 g/mol. The Morgan fingerprint density at radius 1 is 0.731 bits per heavy atom. The minimum Gasteiger partial charge on any atom is -0.456 e. The molecule has 0 bridgehead atoms. The van der Waals surface area contributed by atoms with Gasteiger partial charge in [0.15, 0.2) is 0 Å². The van der Waals surface area contributed by atoms with Crippen LogP contribution < -0.4 is 0 Å². The molecule has 1 N–H and O–H groups in total. The summed E-state index contributed by atoms with van der Waals surface area (Å²) in [6, 6.07) is 45.4. The minimum atomic E-state index is 0.0990. The maximum absolute atomic E-state index is 7.93. The minimum absolute atomic E-state index is 0.0990. The zero-order chi connectivity index (χ0) is 34.8. The maximum atomic E-state index is 7.93. The van der Waals surface area contributed by atoms with E-state index in [0.29, 0.717) is 6.67 Å². The third-order valence-electron chi connectivity index (χ3n) is 10.6. The van der Waals surface area contributed by atoms with Crippen LogP contribution in [-0.4, -0.2) is 33.3 Å². The molecule has 0 fully saturated rings. The first-order chi connectivity index (χ1) is 25.7. The van der Waals surface area contributed by atoms with E-state index in [2.05, 4.69) is 178 Å². The number of nitrogens with one attached hydrogen (secondary N) is 1. The molecule has 0 aliphatic heterocycles. The molecule has 9 aromatic rings. The fourth-order valence-electron chi connectivity index (χ4n) is 8.48. The molecule has 6 nitrogen and oxygen atoms in total. The smallest absolute Gasteiger partial charge is 0.137 e. The Kier molecular flexibility index (Phi) is 6.96. The second-order valence-corrected chi connectivity index (χ2v) is 13.6. The van der Waals surface area contributed by atoms with Crippen molar-refractivity contribution in [3.63, 3.8) is 0 Å². The SMILES string of the molecule is CN(Cn1c2ccccc2c2ccc3c4ccccc4n(-c4cccc5oc6cccc(-c7ccccc7)c6c45)c3c21)/C(=N\C=N)C1C=CC=CC1. The van der Waals surface area contributed by atoms with Crippen LogP contribution in [-0.2, 0) is 6.67 Å². The third kappa shape index (κ3) is 4.50. The Morgan fingerprint density at radius 2 is 1.42 bits per heavy atom. The van der Waals surface area contributed by atoms with Crippen molar-refractivity contribution in [2.24, 2.45) is 10.9 Å². The van der Waals surface area contributed by atoms with E-state index in [9.17, 15) is 0 Å². The molecule has 0 saturated heterocycles. The average molecular weight is 674 g/mol. The normalized spacial score (nSPS) is 14.9. The number of benzene rings is 6. The first-order valence-corrected chi connectivity index (χ1v) is 17.8. The summed E-state index contributed by atoms with van der Waals surface area (Å²) in [5.74, 6) is 0.972. The van der Waals surface area contributed by atoms with Gasteiger partial charge in [-0.1, -0.05) is 121 Å². The van der Waals surface area contributed by atoms with Gasteiger partial charge in [-0.15, -0.1) is 0 Å². The lowest BCUT2D eigenvalue weighted by Gasteiger charge is -2.27. The Bertz CT molecular complexity index is 2960. The van der Waals surface area contributed by atoms with Gasteiger partial charge in [0.2, 0.25) is 0 Å². The highest BCUT2D eigenvalue weighted by molar-refractivity contribution is 6.25. The molecule has 6 heteroatoms. The predicted octanol–water partition coefficient (Wildman–Crippen LogP) is 11.5. The standard InChI is InChI=1S/C46H35N5O/c1-49(46(48-28-47)31-16-6-3-7-17-31)29-50-37-21-10-8-18-33(37)35-26-27-36-34-19-9-11-22-38(34)51(45(36)44(35)50)39-23-13-25-41-43(39)42-32(20-12-24-40(42)52-41)30-14-4-2-5-15-30/h2-16,18-28,31,47H,17,29H2,1H3/b47-28?,48-46-. The monoisotopic (exact) mass is 673 g/mol. The van der Waals surface area contributed by atoms with Crippen molar-refractivity contribution < 1.29 is 4.42 Å². The number of amidine groups is 1. The van der Waals surface area contributed by atoms with E-state index in [4.69, 9.17) is 9.83 Å². The first kappa shape index (κ1) is 30.2. The van der Waals surface area contributed by atoms with Crippen molar-refractivity contribution in [1.29, 1.82) is 5.41 Å². The Labute approximate surface area is 300 Å². The molecule has 0 radical (unpaired) electrons. The maximum Gasteiger partial charge on any atom is 0.137 e. The van der Waals surface area contributed by atoms with Crippen molar-refractivity contribution in [3.8, 4) is 16.8 Å². The molecule has 0 saturated carbocycles. The van der Waals surface area contributed by atoms with E-state index >= 15 is 0 Å². The topological polar surface area (TPSA) is 62.5 Å². The summed E-state index contributed by atoms with van der Waals surface area (Å²) in [4.78, 5) is 6.81. The fraction of sp³-hybridized carbons (Fsp3) is 0.0870. The molecule has 6 aromatic carbocycles. The van der Waals surface area contributed by atoms with Crippen LogP contribution in [0.1, 0.15) is 6.42 Å². The molecule has 3 aromatic heterocycles. The number of rotatable bonds is 6. The highest BCUT2D eigenvalue weighted by Gasteiger charge is 2.25. The molecule has 250 valence electrons. The summed E-state index contributed by atoms with van der Waals surface area (Å²) >= 11 is 0. The van der Waals surface area contributed by atoms with Crippen molar-refractivity contribution >= 4 is 77.7 Å². The number of fused-ring (bicyclic) bond motifs is 10. The quantitative estimate of drug-likeness (QED) is 0.141. The molecule has 0 spiro atoms. The van der Waals surface area contributed by atoms with Crippen LogP contribution in [0.25, 0.3) is 82.4 Å². The van der Waals surface area contributed by atoms with Crippen molar-refractivity contribution in [2.75, 3.05) is 7.05 Å². The van der Waals surface area contributed by atoms with Gasteiger partial charge in [-0.05, 0) is 47.9 Å². The van der Waals surface area contributed by atoms with Crippen LogP contribution >= 0.6 is 0 Å². The van der Waals surface area contributed by atoms with Gasteiger partial charge >= 0.3 is 0 Å². The zero-order valence-electron chi connectivity index (χ0n) is 28.7. The number of hydrogen-bond acceptors (Lipinski definition) is 2. The van der Waals surface area contributed by atoms with Gasteiger partial charge in [-0.25, -0.2) is 4.99 Å². The molecule has 1 aliphatic rings. The lowest BCUT2D eigenvalue weighted by molar-refractivity contribution is 0.402. The van der Waals surface area contributed by atoms with Crippen molar-refractivity contribution in [1.82, 2.24) is 14.0 Å². The van der Waals surface area contributed by atoms with Crippen LogP contribution in [0.4, 0.5) is 0 Å². The Hall–Kier alpha value is -6.66. The summed E-state index contributed by atoms with van der Waals surface area (Å²) in [7, 11) is 2.09. The second kappa shape index (κ2) is 12.0. The molecule has 10 rings (SSSR count). The Balaban J connectivity index is 1.31. The fourth-order valence-corrected chi connectivity index (χ4v) is 8.48. The van der Waals surface area contributed by atoms with Gasteiger partial charge in [0, 0.05) is 39.9 Å². The number of nitrogens with zero attached hydrogens (tertiary/aromatic N) is 4. The molecule has 1 unspecified atom stereocenters. The molecule has 1 atom stereocenters. The van der Waals surface area contributed by atoms with Crippen LogP contribution in [0.15, 0.2) is 161 Å². The highest BCUT2D eigenvalue weighted by Crippen LogP contribution is 2.44. The lowest BCUT2D eigenvalue weighted by Crippen LogP contribution is -2.34. The number of aliphatic imine (C=N–C) groups is 1. The van der Waals surface area contributed by atoms with Crippen LogP contribution in [0, 0.1) is 11.3 Å². The summed E-state index contributed by atoms with van der Waals surface area (Å²) in [6.07, 6.45) is 10.5. The van der Waals surface area contributed by atoms with E-state index in [1.165, 1.54) is 27.9 Å². The van der Waals surface area contributed by atoms with E-state index in [1.807, 2.05) is 0 Å². The first-order valence-electron chi connectivity index (χ1n) is 17.8. The number of para-hydroxylation sites is 2. The van der Waals surface area contributed by atoms with Gasteiger partial charge in [0.1, 0.15) is 23.3 Å². The van der Waals surface area contributed by atoms with Crippen LogP contribution in [0.2, 0.25) is 0 Å². The Morgan fingerprint density at radius 3 is 2.19 bits per heavy atom. The second-order valence-electron chi connectivity index (χ2n) is 13.6. The third-order valence-corrected chi connectivity index (χ3v) is 10.6. The van der Waals surface area contributed by atoms with Crippen molar-refractivity contribution in [2.45, 2.75) is 13.1 Å². The predicted molar refractivity (Wildman–Crippen MR) is 217 cm³/mol. The highest BCUT2D eigenvalue weighted by atomic mass is 16.3. The summed E-state index contributed by atoms with van der Waals surface area (Å²) < 4.78 is 11.5. The lowest BCUT2D eigenvalue weighted by atomic mass is 9.99. The van der Waals surface area contributed by atoms with E-state index in [-0.39, 0.29) is 5.92 Å². The molecule has 0 amide bonds. The van der Waals surface area contributed by atoms with Gasteiger partial charge in [-0.3, -0.25) is 5.41 Å². The van der Waals surface area contributed by atoms with E-state index in [1.54, 1.807) is 0 Å².